The predicted octanol–water partition coefficient (Wildman–Crippen LogP) is 4.23. The van der Waals surface area contributed by atoms with Crippen LogP contribution in [0.4, 0.5) is 5.69 Å². The number of aromatic hydroxyl groups is 1. The summed E-state index contributed by atoms with van der Waals surface area (Å²) in [6.07, 6.45) is 0. The van der Waals surface area contributed by atoms with Crippen LogP contribution in [0.15, 0.2) is 42.5 Å². The van der Waals surface area contributed by atoms with Crippen LogP contribution in [0.1, 0.15) is 11.1 Å². The van der Waals surface area contributed by atoms with E-state index in [2.05, 4.69) is 5.32 Å². The van der Waals surface area contributed by atoms with E-state index in [-0.39, 0.29) is 11.7 Å². The minimum Gasteiger partial charge on any atom is -0.506 e. The van der Waals surface area contributed by atoms with E-state index >= 15 is 0 Å². The number of benzene rings is 2. The molecule has 0 spiro atoms. The van der Waals surface area contributed by atoms with Gasteiger partial charge in [-0.2, -0.15) is 0 Å². The van der Waals surface area contributed by atoms with Crippen molar-refractivity contribution < 1.29 is 9.90 Å². The van der Waals surface area contributed by atoms with Crippen molar-refractivity contribution in [2.24, 2.45) is 0 Å². The lowest BCUT2D eigenvalue weighted by molar-refractivity contribution is -0.113. The van der Waals surface area contributed by atoms with Gasteiger partial charge in [0.2, 0.25) is 5.91 Å². The van der Waals surface area contributed by atoms with Crippen LogP contribution in [-0.2, 0) is 10.5 Å². The van der Waals surface area contributed by atoms with E-state index in [4.69, 9.17) is 11.6 Å². The van der Waals surface area contributed by atoms with Crippen LogP contribution >= 0.6 is 23.4 Å². The molecular weight excluding hydrogens is 306 g/mol. The lowest BCUT2D eigenvalue weighted by Gasteiger charge is -2.08. The summed E-state index contributed by atoms with van der Waals surface area (Å²) in [5.41, 5.74) is 2.47. The molecular formula is C16H16ClNO2S. The molecule has 0 atom stereocenters. The zero-order chi connectivity index (χ0) is 15.2. The fourth-order valence-electron chi connectivity index (χ4n) is 1.82. The molecule has 110 valence electrons. The number of anilines is 1. The van der Waals surface area contributed by atoms with Crippen molar-refractivity contribution in [3.8, 4) is 5.75 Å². The molecule has 0 aromatic heterocycles. The summed E-state index contributed by atoms with van der Waals surface area (Å²) in [4.78, 5) is 11.8. The Bertz CT molecular complexity index is 646. The third kappa shape index (κ3) is 4.99. The quantitative estimate of drug-likeness (QED) is 0.810. The smallest absolute Gasteiger partial charge is 0.234 e. The third-order valence-electron chi connectivity index (χ3n) is 2.82. The average Bonchev–Trinajstić information content (AvgIpc) is 2.42. The van der Waals surface area contributed by atoms with Gasteiger partial charge in [-0.25, -0.2) is 0 Å². The van der Waals surface area contributed by atoms with Crippen LogP contribution in [0, 0.1) is 6.92 Å². The number of hydrogen-bond acceptors (Lipinski definition) is 3. The highest BCUT2D eigenvalue weighted by Crippen LogP contribution is 2.24. The SMILES string of the molecule is Cc1ccc(NC(=O)CSCc2cccc(Cl)c2)c(O)c1. The number of aryl methyl sites for hydroxylation is 1. The summed E-state index contributed by atoms with van der Waals surface area (Å²) in [7, 11) is 0. The van der Waals surface area contributed by atoms with Crippen LogP contribution < -0.4 is 5.32 Å². The lowest BCUT2D eigenvalue weighted by Crippen LogP contribution is -2.14. The van der Waals surface area contributed by atoms with Gasteiger partial charge in [-0.3, -0.25) is 4.79 Å². The van der Waals surface area contributed by atoms with Gasteiger partial charge >= 0.3 is 0 Å². The van der Waals surface area contributed by atoms with Gasteiger partial charge in [0.25, 0.3) is 0 Å². The highest BCUT2D eigenvalue weighted by Gasteiger charge is 2.07. The first-order valence-corrected chi connectivity index (χ1v) is 7.99. The summed E-state index contributed by atoms with van der Waals surface area (Å²) in [5.74, 6) is 0.984. The average molecular weight is 322 g/mol. The first kappa shape index (κ1) is 15.7. The van der Waals surface area contributed by atoms with E-state index in [9.17, 15) is 9.90 Å². The van der Waals surface area contributed by atoms with E-state index < -0.39 is 0 Å². The maximum absolute atomic E-state index is 11.8. The van der Waals surface area contributed by atoms with Crippen LogP contribution in [-0.4, -0.2) is 16.8 Å². The molecule has 0 aliphatic heterocycles. The van der Waals surface area contributed by atoms with Crippen molar-refractivity contribution in [1.82, 2.24) is 0 Å². The van der Waals surface area contributed by atoms with E-state index in [1.165, 1.54) is 11.8 Å². The number of rotatable bonds is 5. The number of carbonyl (C=O) groups is 1. The van der Waals surface area contributed by atoms with Gasteiger partial charge in [-0.05, 0) is 42.3 Å². The number of amides is 1. The second kappa shape index (κ2) is 7.38. The Kier molecular flexibility index (Phi) is 5.53. The summed E-state index contributed by atoms with van der Waals surface area (Å²) >= 11 is 7.41. The molecule has 0 heterocycles. The van der Waals surface area contributed by atoms with Gasteiger partial charge in [-0.1, -0.05) is 29.8 Å². The normalized spacial score (nSPS) is 10.4. The topological polar surface area (TPSA) is 49.3 Å². The van der Waals surface area contributed by atoms with Gasteiger partial charge in [-0.15, -0.1) is 11.8 Å². The fraction of sp³-hybridized carbons (Fsp3) is 0.188. The zero-order valence-electron chi connectivity index (χ0n) is 11.6. The van der Waals surface area contributed by atoms with Crippen LogP contribution in [0.25, 0.3) is 0 Å². The second-order valence-electron chi connectivity index (χ2n) is 4.69. The fourth-order valence-corrected chi connectivity index (χ4v) is 2.81. The number of halogens is 1. The van der Waals surface area contributed by atoms with Gasteiger partial charge in [0.1, 0.15) is 5.75 Å². The molecule has 3 nitrogen and oxygen atoms in total. The summed E-state index contributed by atoms with van der Waals surface area (Å²) < 4.78 is 0. The Morgan fingerprint density at radius 2 is 2.10 bits per heavy atom. The highest BCUT2D eigenvalue weighted by atomic mass is 35.5. The Morgan fingerprint density at radius 1 is 1.29 bits per heavy atom. The van der Waals surface area contributed by atoms with Crippen molar-refractivity contribution in [2.75, 3.05) is 11.1 Å². The summed E-state index contributed by atoms with van der Waals surface area (Å²) in [5, 5.41) is 13.1. The second-order valence-corrected chi connectivity index (χ2v) is 6.11. The largest absolute Gasteiger partial charge is 0.506 e. The first-order valence-electron chi connectivity index (χ1n) is 6.46. The van der Waals surface area contributed by atoms with E-state index in [0.29, 0.717) is 22.2 Å². The summed E-state index contributed by atoms with van der Waals surface area (Å²) in [6.45, 7) is 1.88. The molecule has 0 unspecified atom stereocenters. The van der Waals surface area contributed by atoms with Crippen molar-refractivity contribution in [3.05, 3.63) is 58.6 Å². The Hall–Kier alpha value is -1.65. The maximum atomic E-state index is 11.8. The molecule has 1 amide bonds. The van der Waals surface area contributed by atoms with Crippen LogP contribution in [0.5, 0.6) is 5.75 Å². The zero-order valence-corrected chi connectivity index (χ0v) is 13.2. The van der Waals surface area contributed by atoms with Crippen molar-refractivity contribution >= 4 is 35.0 Å². The molecule has 5 heteroatoms. The number of phenols is 1. The molecule has 0 radical (unpaired) electrons. The molecule has 0 bridgehead atoms. The monoisotopic (exact) mass is 321 g/mol. The molecule has 2 N–H and O–H groups in total. The maximum Gasteiger partial charge on any atom is 0.234 e. The number of carbonyl (C=O) groups excluding carboxylic acids is 1. The van der Waals surface area contributed by atoms with Gasteiger partial charge in [0, 0.05) is 10.8 Å². The highest BCUT2D eigenvalue weighted by molar-refractivity contribution is 7.99. The molecule has 0 fully saturated rings. The standard InChI is InChI=1S/C16H16ClNO2S/c1-11-5-6-14(15(19)7-11)18-16(20)10-21-9-12-3-2-4-13(17)8-12/h2-8,19H,9-10H2,1H3,(H,18,20). The molecule has 0 saturated carbocycles. The third-order valence-corrected chi connectivity index (χ3v) is 4.06. The first-order chi connectivity index (χ1) is 10.0. The number of nitrogens with one attached hydrogen (secondary N) is 1. The minimum absolute atomic E-state index is 0.0863. The van der Waals surface area contributed by atoms with E-state index in [1.807, 2.05) is 37.3 Å². The van der Waals surface area contributed by atoms with Crippen LogP contribution in [0.2, 0.25) is 5.02 Å². The predicted molar refractivity (Wildman–Crippen MR) is 89.1 cm³/mol. The van der Waals surface area contributed by atoms with E-state index in [0.717, 1.165) is 11.1 Å². The summed E-state index contributed by atoms with van der Waals surface area (Å²) in [6, 6.07) is 12.7. The van der Waals surface area contributed by atoms with E-state index in [1.54, 1.807) is 12.1 Å². The van der Waals surface area contributed by atoms with Gasteiger partial charge in [0.05, 0.1) is 11.4 Å². The van der Waals surface area contributed by atoms with Gasteiger partial charge < -0.3 is 10.4 Å². The number of thioether (sulfide) groups is 1. The number of hydrogen-bond donors (Lipinski definition) is 2. The molecule has 2 rings (SSSR count). The van der Waals surface area contributed by atoms with Gasteiger partial charge in [0.15, 0.2) is 0 Å². The molecule has 0 aliphatic carbocycles. The Morgan fingerprint density at radius 3 is 2.81 bits per heavy atom. The van der Waals surface area contributed by atoms with Crippen molar-refractivity contribution in [2.45, 2.75) is 12.7 Å². The van der Waals surface area contributed by atoms with Crippen molar-refractivity contribution in [3.63, 3.8) is 0 Å². The minimum atomic E-state index is -0.138. The lowest BCUT2D eigenvalue weighted by atomic mass is 10.2. The molecule has 2 aromatic rings. The Labute approximate surface area is 133 Å². The Balaban J connectivity index is 1.82. The molecule has 0 aliphatic rings. The molecule has 2 aromatic carbocycles. The molecule has 21 heavy (non-hydrogen) atoms. The number of phenolic OH excluding ortho intramolecular Hbond substituents is 1. The van der Waals surface area contributed by atoms with Crippen molar-refractivity contribution in [1.29, 1.82) is 0 Å². The van der Waals surface area contributed by atoms with Crippen LogP contribution in [0.3, 0.4) is 0 Å². The molecule has 0 saturated heterocycles.